The van der Waals surface area contributed by atoms with Gasteiger partial charge in [0.25, 0.3) is 26.9 Å². The maximum absolute atomic E-state index is 7.67. The number of para-hydroxylation sites is 6. The molecule has 0 saturated heterocycles. The van der Waals surface area contributed by atoms with Crippen molar-refractivity contribution in [3.05, 3.63) is 344 Å². The standard InChI is InChI=1S/C99H75B4N3O/c1-61(2)68-57-75(62(3)4)93(76(58-68)63(5)6)101-80-50-24-30-56-89(80)107-90-60-88-81(59-82(90)101)100-77-47-21-27-53-85(77)105-86-54-28-22-48-78(86)102(91-69(64-33-11-7-12-34-64)43-31-44-70(91)65-35-13-8-14-36-65)95-97(105)94(100)98-96(99(95)104-83-51-25-19-41-73(83)74-42-20-26-52-84(74)104)103(79-49-23-29-55-87(79)106(88)98)92-71(66-37-15-9-16-38-66)45-32-46-72(92)67-39-17-10-18-40-67/h7-63H,1-6H3. The normalized spacial score (nSPS) is 13.4. The van der Waals surface area contributed by atoms with Gasteiger partial charge in [-0.2, -0.15) is 0 Å². The Morgan fingerprint density at radius 2 is 0.617 bits per heavy atom. The predicted molar refractivity (Wildman–Crippen MR) is 459 cm³/mol. The Kier molecular flexibility index (Phi) is 14.6. The predicted octanol–water partition coefficient (Wildman–Crippen LogP) is 17.2. The summed E-state index contributed by atoms with van der Waals surface area (Å²) in [6.07, 6.45) is 0. The molecule has 8 heteroatoms. The molecule has 0 radical (unpaired) electrons. The minimum atomic E-state index is -0.382. The molecule has 0 spiro atoms. The van der Waals surface area contributed by atoms with E-state index in [1.807, 2.05) is 0 Å². The number of aromatic nitrogens is 1. The summed E-state index contributed by atoms with van der Waals surface area (Å²) in [4.78, 5) is 5.48. The molecule has 21 rings (SSSR count). The Morgan fingerprint density at radius 1 is 0.252 bits per heavy atom. The minimum Gasteiger partial charge on any atom is -0.458 e. The Hall–Kier alpha value is -12.2. The Morgan fingerprint density at radius 3 is 1.06 bits per heavy atom. The number of anilines is 6. The molecule has 4 nitrogen and oxygen atoms in total. The van der Waals surface area contributed by atoms with Crippen molar-refractivity contribution in [2.45, 2.75) is 59.3 Å². The second kappa shape index (κ2) is 24.7. The summed E-state index contributed by atoms with van der Waals surface area (Å²) in [5.41, 5.74) is 39.4. The van der Waals surface area contributed by atoms with E-state index in [-0.39, 0.29) is 38.7 Å². The Balaban J connectivity index is 1.01. The SMILES string of the molecule is CC(C)c1cc(C(C)C)c(B2c3ccccc3Oc3cc4c(cc32)B2c3ccccc3N3c5ccccc5B(c5c(-c6ccccc6)cccc5-c5ccccc5)c5c3c2c2c(c5-n3c5ccccc5c5ccccc53)B(c3c(-c5ccccc5)cccc3-c3ccccc3)c3ccccc3N42)c(C(C)C)c1. The van der Waals surface area contributed by atoms with E-state index < -0.39 is 0 Å². The molecule has 0 fully saturated rings. The maximum atomic E-state index is 7.67. The van der Waals surface area contributed by atoms with Gasteiger partial charge in [0.05, 0.1) is 11.0 Å². The van der Waals surface area contributed by atoms with Crippen LogP contribution in [0.3, 0.4) is 0 Å². The number of rotatable bonds is 11. The first-order valence-electron chi connectivity index (χ1n) is 38.4. The average Bonchev–Trinajstić information content (AvgIpc) is 1.16. The van der Waals surface area contributed by atoms with Crippen LogP contribution >= 0.6 is 0 Å². The lowest BCUT2D eigenvalue weighted by Gasteiger charge is -2.52. The van der Waals surface area contributed by atoms with Crippen molar-refractivity contribution in [3.63, 3.8) is 0 Å². The highest BCUT2D eigenvalue weighted by atomic mass is 16.5. The van der Waals surface area contributed by atoms with Gasteiger partial charge in [-0.05, 0) is 165 Å². The maximum Gasteiger partial charge on any atom is 0.252 e. The summed E-state index contributed by atoms with van der Waals surface area (Å²) in [5.74, 6) is 2.67. The fourth-order valence-corrected chi connectivity index (χ4v) is 19.7. The topological polar surface area (TPSA) is 20.6 Å². The lowest BCUT2D eigenvalue weighted by atomic mass is 9.25. The van der Waals surface area contributed by atoms with Crippen LogP contribution in [0.2, 0.25) is 0 Å². The van der Waals surface area contributed by atoms with E-state index in [0.29, 0.717) is 5.92 Å². The van der Waals surface area contributed by atoms with Gasteiger partial charge >= 0.3 is 0 Å². The van der Waals surface area contributed by atoms with Crippen molar-refractivity contribution in [3.8, 4) is 61.7 Å². The molecule has 0 bridgehead atoms. The quantitative estimate of drug-likeness (QED) is 0.120. The molecule has 5 aliphatic rings. The van der Waals surface area contributed by atoms with Crippen molar-refractivity contribution >= 4 is 148 Å². The second-order valence-electron chi connectivity index (χ2n) is 30.9. The summed E-state index contributed by atoms with van der Waals surface area (Å²) < 4.78 is 10.4. The zero-order chi connectivity index (χ0) is 71.4. The van der Waals surface area contributed by atoms with Crippen LogP contribution in [0.15, 0.2) is 328 Å². The molecule has 0 N–H and O–H groups in total. The summed E-state index contributed by atoms with van der Waals surface area (Å²) in [5, 5.41) is 2.42. The minimum absolute atomic E-state index is 0.138. The molecular formula is C99H75B4N3O. The first kappa shape index (κ1) is 63.3. The summed E-state index contributed by atoms with van der Waals surface area (Å²) >= 11 is 0. The van der Waals surface area contributed by atoms with Crippen molar-refractivity contribution < 1.29 is 4.74 Å². The number of fused-ring (bicyclic) bond motifs is 15. The molecule has 0 atom stereocenters. The zero-order valence-electron chi connectivity index (χ0n) is 61.0. The zero-order valence-corrected chi connectivity index (χ0v) is 61.0. The number of benzene rings is 15. The van der Waals surface area contributed by atoms with Crippen molar-refractivity contribution in [2.24, 2.45) is 0 Å². The molecule has 0 unspecified atom stereocenters. The van der Waals surface area contributed by atoms with E-state index in [1.54, 1.807) is 0 Å². The molecule has 1 aromatic heterocycles. The molecule has 504 valence electrons. The van der Waals surface area contributed by atoms with Crippen LogP contribution in [0.5, 0.6) is 11.5 Å². The number of hydrogen-bond acceptors (Lipinski definition) is 3. The highest BCUT2D eigenvalue weighted by Gasteiger charge is 2.56. The van der Waals surface area contributed by atoms with Crippen LogP contribution in [0.1, 0.15) is 76.0 Å². The highest BCUT2D eigenvalue weighted by Crippen LogP contribution is 2.50. The number of ether oxygens (including phenoxy) is 1. The molecule has 0 saturated carbocycles. The first-order valence-corrected chi connectivity index (χ1v) is 38.4. The third-order valence-corrected chi connectivity index (χ3v) is 24.2. The molecule has 0 amide bonds. The Labute approximate surface area is 628 Å². The van der Waals surface area contributed by atoms with Crippen LogP contribution in [0.4, 0.5) is 34.1 Å². The van der Waals surface area contributed by atoms with Crippen LogP contribution in [-0.4, -0.2) is 31.4 Å². The van der Waals surface area contributed by atoms with E-state index in [1.165, 1.54) is 166 Å². The molecule has 107 heavy (non-hydrogen) atoms. The van der Waals surface area contributed by atoms with E-state index in [4.69, 9.17) is 4.74 Å². The van der Waals surface area contributed by atoms with Gasteiger partial charge in [-0.25, -0.2) is 0 Å². The fraction of sp³-hybridized carbons (Fsp3) is 0.0909. The van der Waals surface area contributed by atoms with Crippen LogP contribution in [-0.2, 0) is 0 Å². The van der Waals surface area contributed by atoms with Gasteiger partial charge in [-0.1, -0.05) is 343 Å². The Bertz CT molecular complexity index is 6130. The van der Waals surface area contributed by atoms with Crippen LogP contribution in [0.25, 0.3) is 72.0 Å². The molecule has 0 aliphatic carbocycles. The van der Waals surface area contributed by atoms with Crippen LogP contribution < -0.4 is 80.1 Å². The molecule has 16 aromatic rings. The van der Waals surface area contributed by atoms with E-state index in [0.717, 1.165) is 33.9 Å². The third kappa shape index (κ3) is 9.40. The van der Waals surface area contributed by atoms with Gasteiger partial charge in [-0.3, -0.25) is 0 Å². The van der Waals surface area contributed by atoms with Gasteiger partial charge < -0.3 is 19.1 Å². The van der Waals surface area contributed by atoms with Gasteiger partial charge in [0.15, 0.2) is 0 Å². The monoisotopic (exact) mass is 1370 g/mol. The first-order chi connectivity index (χ1) is 52.7. The second-order valence-corrected chi connectivity index (χ2v) is 30.9. The smallest absolute Gasteiger partial charge is 0.252 e. The third-order valence-electron chi connectivity index (χ3n) is 24.2. The largest absolute Gasteiger partial charge is 0.458 e. The lowest BCUT2D eigenvalue weighted by molar-refractivity contribution is 0.487. The van der Waals surface area contributed by atoms with Crippen molar-refractivity contribution in [1.29, 1.82) is 0 Å². The summed E-state index contributed by atoms with van der Waals surface area (Å²) in [6.45, 7) is 13.1. The summed E-state index contributed by atoms with van der Waals surface area (Å²) in [6, 6.07) is 125. The van der Waals surface area contributed by atoms with E-state index >= 15 is 0 Å². The van der Waals surface area contributed by atoms with Crippen LogP contribution in [0, 0.1) is 0 Å². The number of nitrogens with zero attached hydrogens (tertiary/aromatic N) is 3. The average molecular weight is 1370 g/mol. The number of hydrogen-bond donors (Lipinski definition) is 0. The van der Waals surface area contributed by atoms with Crippen molar-refractivity contribution in [1.82, 2.24) is 4.57 Å². The highest BCUT2D eigenvalue weighted by molar-refractivity contribution is 7.08. The fourth-order valence-electron chi connectivity index (χ4n) is 19.7. The lowest BCUT2D eigenvalue weighted by Crippen LogP contribution is -2.73. The van der Waals surface area contributed by atoms with Crippen molar-refractivity contribution in [2.75, 3.05) is 9.80 Å². The molecule has 15 aromatic carbocycles. The van der Waals surface area contributed by atoms with E-state index in [2.05, 4.69) is 383 Å². The summed E-state index contributed by atoms with van der Waals surface area (Å²) in [7, 11) is 0. The molecular weight excluding hydrogens is 1290 g/mol. The van der Waals surface area contributed by atoms with E-state index in [9.17, 15) is 0 Å². The van der Waals surface area contributed by atoms with Gasteiger partial charge in [0, 0.05) is 56.7 Å². The molecule has 6 heterocycles. The van der Waals surface area contributed by atoms with Gasteiger partial charge in [0.2, 0.25) is 0 Å². The van der Waals surface area contributed by atoms with Gasteiger partial charge in [-0.15, -0.1) is 0 Å². The van der Waals surface area contributed by atoms with Gasteiger partial charge in [0.1, 0.15) is 11.5 Å². The molecule has 5 aliphatic heterocycles.